The smallest absolute Gasteiger partial charge is 0.173 e. The van der Waals surface area contributed by atoms with E-state index >= 15 is 0 Å². The molecule has 0 aliphatic heterocycles. The first-order valence-electron chi connectivity index (χ1n) is 5.60. The molecule has 0 unspecified atom stereocenters. The lowest BCUT2D eigenvalue weighted by atomic mass is 10.1. The highest BCUT2D eigenvalue weighted by Gasteiger charge is 2.11. The summed E-state index contributed by atoms with van der Waals surface area (Å²) in [6.07, 6.45) is 0. The van der Waals surface area contributed by atoms with E-state index in [4.69, 9.17) is 5.11 Å². The second-order valence-corrected chi connectivity index (χ2v) is 5.01. The maximum absolute atomic E-state index is 13.4. The number of phenolic OH excluding ortho intramolecular Hbond substituents is 2. The normalized spacial score (nSPS) is 10.5. The SMILES string of the molecule is O=C(CSc1cc(F)ccc1F)c1ccc(O)c(O)c1. The number of rotatable bonds is 4. The number of halogens is 2. The van der Waals surface area contributed by atoms with Crippen LogP contribution in [0.3, 0.4) is 0 Å². The maximum atomic E-state index is 13.4. The van der Waals surface area contributed by atoms with Crippen LogP contribution in [-0.4, -0.2) is 21.7 Å². The maximum Gasteiger partial charge on any atom is 0.173 e. The summed E-state index contributed by atoms with van der Waals surface area (Å²) in [4.78, 5) is 11.9. The molecule has 0 saturated carbocycles. The van der Waals surface area contributed by atoms with E-state index in [1.165, 1.54) is 12.1 Å². The van der Waals surface area contributed by atoms with Crippen molar-refractivity contribution in [3.05, 3.63) is 53.6 Å². The number of carbonyl (C=O) groups excluding carboxylic acids is 1. The van der Waals surface area contributed by atoms with Crippen LogP contribution in [0.25, 0.3) is 0 Å². The van der Waals surface area contributed by atoms with Crippen molar-refractivity contribution in [3.8, 4) is 11.5 Å². The average Bonchev–Trinajstić information content (AvgIpc) is 2.42. The minimum atomic E-state index is -0.599. The molecule has 2 rings (SSSR count). The fraction of sp³-hybridized carbons (Fsp3) is 0.0714. The van der Waals surface area contributed by atoms with Gasteiger partial charge in [0.2, 0.25) is 0 Å². The summed E-state index contributed by atoms with van der Waals surface area (Å²) >= 11 is 0.866. The molecule has 104 valence electrons. The highest BCUT2D eigenvalue weighted by molar-refractivity contribution is 8.00. The largest absolute Gasteiger partial charge is 0.504 e. The third kappa shape index (κ3) is 3.27. The van der Waals surface area contributed by atoms with Gasteiger partial charge in [0.15, 0.2) is 17.3 Å². The zero-order valence-corrected chi connectivity index (χ0v) is 11.0. The van der Waals surface area contributed by atoms with Crippen molar-refractivity contribution in [2.24, 2.45) is 0 Å². The average molecular weight is 296 g/mol. The molecular formula is C14H10F2O3S. The summed E-state index contributed by atoms with van der Waals surface area (Å²) < 4.78 is 26.3. The van der Waals surface area contributed by atoms with Crippen LogP contribution in [0.15, 0.2) is 41.3 Å². The third-order valence-electron chi connectivity index (χ3n) is 2.55. The third-order valence-corrected chi connectivity index (χ3v) is 3.58. The number of hydrogen-bond acceptors (Lipinski definition) is 4. The Hall–Kier alpha value is -2.08. The van der Waals surface area contributed by atoms with Gasteiger partial charge < -0.3 is 10.2 Å². The Morgan fingerprint density at radius 2 is 1.80 bits per heavy atom. The quantitative estimate of drug-likeness (QED) is 0.516. The van der Waals surface area contributed by atoms with Crippen LogP contribution in [0, 0.1) is 11.6 Å². The van der Waals surface area contributed by atoms with Crippen LogP contribution in [0.4, 0.5) is 8.78 Å². The first-order valence-corrected chi connectivity index (χ1v) is 6.59. The molecule has 0 amide bonds. The van der Waals surface area contributed by atoms with Gasteiger partial charge in [0.05, 0.1) is 5.75 Å². The lowest BCUT2D eigenvalue weighted by Gasteiger charge is -2.04. The summed E-state index contributed by atoms with van der Waals surface area (Å²) in [6.45, 7) is 0. The van der Waals surface area contributed by atoms with E-state index in [9.17, 15) is 18.7 Å². The molecule has 0 bridgehead atoms. The van der Waals surface area contributed by atoms with E-state index in [-0.39, 0.29) is 27.7 Å². The van der Waals surface area contributed by atoms with E-state index in [1.54, 1.807) is 0 Å². The van der Waals surface area contributed by atoms with Crippen molar-refractivity contribution >= 4 is 17.5 Å². The van der Waals surface area contributed by atoms with Crippen molar-refractivity contribution in [3.63, 3.8) is 0 Å². The molecule has 0 heterocycles. The highest BCUT2D eigenvalue weighted by Crippen LogP contribution is 2.27. The van der Waals surface area contributed by atoms with E-state index < -0.39 is 17.4 Å². The Bertz CT molecular complexity index is 659. The molecule has 0 fully saturated rings. The molecule has 2 aromatic carbocycles. The van der Waals surface area contributed by atoms with Gasteiger partial charge in [0.1, 0.15) is 11.6 Å². The Balaban J connectivity index is 2.08. The Kier molecular flexibility index (Phi) is 4.24. The van der Waals surface area contributed by atoms with Crippen LogP contribution in [-0.2, 0) is 0 Å². The number of hydrogen-bond donors (Lipinski definition) is 2. The van der Waals surface area contributed by atoms with Gasteiger partial charge >= 0.3 is 0 Å². The summed E-state index contributed by atoms with van der Waals surface area (Å²) in [6, 6.07) is 6.67. The van der Waals surface area contributed by atoms with Gasteiger partial charge in [0, 0.05) is 10.5 Å². The minimum Gasteiger partial charge on any atom is -0.504 e. The number of thioether (sulfide) groups is 1. The van der Waals surface area contributed by atoms with Crippen molar-refractivity contribution < 1.29 is 23.8 Å². The molecule has 0 aliphatic carbocycles. The summed E-state index contributed by atoms with van der Waals surface area (Å²) in [5.74, 6) is -2.39. The first-order chi connectivity index (χ1) is 9.47. The lowest BCUT2D eigenvalue weighted by molar-refractivity contribution is 0.102. The van der Waals surface area contributed by atoms with Crippen LogP contribution in [0.1, 0.15) is 10.4 Å². The second-order valence-electron chi connectivity index (χ2n) is 3.99. The Labute approximate surface area is 117 Å². The van der Waals surface area contributed by atoms with Crippen LogP contribution in [0.5, 0.6) is 11.5 Å². The number of Topliss-reactive ketones (excluding diaryl/α,β-unsaturated/α-hetero) is 1. The van der Waals surface area contributed by atoms with Crippen molar-refractivity contribution in [2.45, 2.75) is 4.90 Å². The van der Waals surface area contributed by atoms with Gasteiger partial charge in [-0.2, -0.15) is 0 Å². The fourth-order valence-electron chi connectivity index (χ4n) is 1.51. The van der Waals surface area contributed by atoms with Crippen LogP contribution in [0.2, 0.25) is 0 Å². The van der Waals surface area contributed by atoms with Crippen molar-refractivity contribution in [2.75, 3.05) is 5.75 Å². The van der Waals surface area contributed by atoms with Gasteiger partial charge in [-0.25, -0.2) is 8.78 Å². The summed E-state index contributed by atoms with van der Waals surface area (Å²) in [7, 11) is 0. The van der Waals surface area contributed by atoms with Gasteiger partial charge in [0.25, 0.3) is 0 Å². The van der Waals surface area contributed by atoms with Crippen molar-refractivity contribution in [1.29, 1.82) is 0 Å². The zero-order chi connectivity index (χ0) is 14.7. The van der Waals surface area contributed by atoms with Gasteiger partial charge in [-0.15, -0.1) is 11.8 Å². The summed E-state index contributed by atoms with van der Waals surface area (Å²) in [5.41, 5.74) is 0.185. The summed E-state index contributed by atoms with van der Waals surface area (Å²) in [5, 5.41) is 18.4. The van der Waals surface area contributed by atoms with Crippen molar-refractivity contribution in [1.82, 2.24) is 0 Å². The molecule has 0 saturated heterocycles. The number of carbonyl (C=O) groups is 1. The van der Waals surface area contributed by atoms with E-state index in [0.717, 1.165) is 36.0 Å². The Morgan fingerprint density at radius 3 is 2.50 bits per heavy atom. The fourth-order valence-corrected chi connectivity index (χ4v) is 2.37. The lowest BCUT2D eigenvalue weighted by Crippen LogP contribution is -2.02. The highest BCUT2D eigenvalue weighted by atomic mass is 32.2. The van der Waals surface area contributed by atoms with Crippen LogP contribution >= 0.6 is 11.8 Å². The van der Waals surface area contributed by atoms with Gasteiger partial charge in [-0.05, 0) is 36.4 Å². The predicted octanol–water partition coefficient (Wildman–Crippen LogP) is 3.35. The molecule has 0 aliphatic rings. The standard InChI is InChI=1S/C14H10F2O3S/c15-9-2-3-10(16)14(6-9)20-7-13(19)8-1-4-11(17)12(18)5-8/h1-6,17-18H,7H2. The van der Waals surface area contributed by atoms with Gasteiger partial charge in [-0.3, -0.25) is 4.79 Å². The van der Waals surface area contributed by atoms with Crippen LogP contribution < -0.4 is 0 Å². The number of benzene rings is 2. The molecule has 2 N–H and O–H groups in total. The number of ketones is 1. The van der Waals surface area contributed by atoms with E-state index in [1.807, 2.05) is 0 Å². The number of aromatic hydroxyl groups is 2. The minimum absolute atomic E-state index is 0.0429. The number of phenols is 2. The molecule has 0 atom stereocenters. The first kappa shape index (κ1) is 14.3. The molecular weight excluding hydrogens is 286 g/mol. The molecule has 0 radical (unpaired) electrons. The second kappa shape index (κ2) is 5.92. The Morgan fingerprint density at radius 1 is 1.05 bits per heavy atom. The topological polar surface area (TPSA) is 57.5 Å². The van der Waals surface area contributed by atoms with E-state index in [2.05, 4.69) is 0 Å². The molecule has 6 heteroatoms. The molecule has 2 aromatic rings. The van der Waals surface area contributed by atoms with Gasteiger partial charge in [-0.1, -0.05) is 0 Å². The zero-order valence-electron chi connectivity index (χ0n) is 10.1. The molecule has 3 nitrogen and oxygen atoms in total. The van der Waals surface area contributed by atoms with E-state index in [0.29, 0.717) is 0 Å². The molecule has 0 aromatic heterocycles. The monoisotopic (exact) mass is 296 g/mol. The predicted molar refractivity (Wildman–Crippen MR) is 71.2 cm³/mol. The molecule has 20 heavy (non-hydrogen) atoms. The molecule has 0 spiro atoms.